The first-order valence-electron chi connectivity index (χ1n) is 6.49. The molecule has 0 aliphatic carbocycles. The van der Waals surface area contributed by atoms with E-state index in [0.717, 1.165) is 5.56 Å². The molecular weight excluding hydrogens is 271 g/mol. The minimum absolute atomic E-state index is 0.174. The molecule has 0 aliphatic heterocycles. The van der Waals surface area contributed by atoms with Crippen LogP contribution in [-0.2, 0) is 0 Å². The van der Waals surface area contributed by atoms with Gasteiger partial charge in [0.15, 0.2) is 0 Å². The molecule has 0 aliphatic rings. The van der Waals surface area contributed by atoms with Gasteiger partial charge in [-0.25, -0.2) is 4.39 Å². The minimum atomic E-state index is -0.330. The Bertz CT molecular complexity index is 644. The maximum Gasteiger partial charge on any atom is 0.126 e. The van der Waals surface area contributed by atoms with Crippen molar-refractivity contribution in [3.8, 4) is 23.3 Å². The molecule has 0 bridgehead atoms. The zero-order valence-electron chi connectivity index (χ0n) is 11.4. The van der Waals surface area contributed by atoms with Crippen molar-refractivity contribution >= 4 is 0 Å². The van der Waals surface area contributed by atoms with Crippen molar-refractivity contribution in [1.29, 1.82) is 0 Å². The average Bonchev–Trinajstić information content (AvgIpc) is 2.50. The maximum absolute atomic E-state index is 12.9. The van der Waals surface area contributed by atoms with Crippen molar-refractivity contribution in [2.24, 2.45) is 0 Å². The molecule has 108 valence electrons. The monoisotopic (exact) mass is 286 g/mol. The third-order valence-corrected chi connectivity index (χ3v) is 2.56. The van der Waals surface area contributed by atoms with E-state index in [-0.39, 0.29) is 12.4 Å². The van der Waals surface area contributed by atoms with E-state index >= 15 is 0 Å². The summed E-state index contributed by atoms with van der Waals surface area (Å²) < 4.78 is 23.9. The molecule has 0 fully saturated rings. The standard InChI is InChI=1S/C17H15FO3/c18-15-6-2-8-17(13-15)21-11-10-20-16-7-1-4-14(12-16)5-3-9-19/h1-2,4,6-8,12-13,19H,9-11H2. The molecule has 0 unspecified atom stereocenters. The summed E-state index contributed by atoms with van der Waals surface area (Å²) in [7, 11) is 0. The Morgan fingerprint density at radius 2 is 1.62 bits per heavy atom. The van der Waals surface area contributed by atoms with E-state index < -0.39 is 0 Å². The van der Waals surface area contributed by atoms with Crippen molar-refractivity contribution in [2.45, 2.75) is 0 Å². The van der Waals surface area contributed by atoms with E-state index in [1.54, 1.807) is 18.2 Å². The van der Waals surface area contributed by atoms with Crippen LogP contribution in [-0.4, -0.2) is 24.9 Å². The quantitative estimate of drug-likeness (QED) is 0.678. The van der Waals surface area contributed by atoms with Crippen LogP contribution in [0.4, 0.5) is 4.39 Å². The smallest absolute Gasteiger partial charge is 0.126 e. The van der Waals surface area contributed by atoms with Gasteiger partial charge in [-0.3, -0.25) is 0 Å². The fourth-order valence-electron chi connectivity index (χ4n) is 1.68. The summed E-state index contributed by atoms with van der Waals surface area (Å²) >= 11 is 0. The van der Waals surface area contributed by atoms with Gasteiger partial charge in [-0.05, 0) is 30.3 Å². The van der Waals surface area contributed by atoms with Crippen LogP contribution in [0.5, 0.6) is 11.5 Å². The summed E-state index contributed by atoms with van der Waals surface area (Å²) in [6.07, 6.45) is 0. The number of hydrogen-bond donors (Lipinski definition) is 1. The number of aliphatic hydroxyl groups is 1. The van der Waals surface area contributed by atoms with Gasteiger partial charge in [0, 0.05) is 11.6 Å². The zero-order chi connectivity index (χ0) is 14.9. The first-order chi connectivity index (χ1) is 10.3. The van der Waals surface area contributed by atoms with Crippen LogP contribution >= 0.6 is 0 Å². The van der Waals surface area contributed by atoms with Crippen LogP contribution in [0, 0.1) is 17.7 Å². The summed E-state index contributed by atoms with van der Waals surface area (Å²) in [6.45, 7) is 0.482. The van der Waals surface area contributed by atoms with Gasteiger partial charge < -0.3 is 14.6 Å². The Morgan fingerprint density at radius 3 is 2.29 bits per heavy atom. The highest BCUT2D eigenvalue weighted by atomic mass is 19.1. The lowest BCUT2D eigenvalue weighted by Crippen LogP contribution is -2.09. The number of hydrogen-bond acceptors (Lipinski definition) is 3. The highest BCUT2D eigenvalue weighted by Gasteiger charge is 1.98. The predicted molar refractivity (Wildman–Crippen MR) is 77.8 cm³/mol. The van der Waals surface area contributed by atoms with Crippen LogP contribution < -0.4 is 9.47 Å². The van der Waals surface area contributed by atoms with Gasteiger partial charge in [-0.15, -0.1) is 0 Å². The lowest BCUT2D eigenvalue weighted by Gasteiger charge is -2.08. The first-order valence-corrected chi connectivity index (χ1v) is 6.49. The molecule has 0 saturated carbocycles. The molecule has 0 atom stereocenters. The van der Waals surface area contributed by atoms with Crippen molar-refractivity contribution < 1.29 is 19.0 Å². The molecule has 1 N–H and O–H groups in total. The second-order valence-electron chi connectivity index (χ2n) is 4.14. The van der Waals surface area contributed by atoms with E-state index in [1.807, 2.05) is 18.2 Å². The molecule has 0 aromatic heterocycles. The molecule has 0 amide bonds. The first kappa shape index (κ1) is 14.9. The number of rotatable bonds is 5. The van der Waals surface area contributed by atoms with Gasteiger partial charge >= 0.3 is 0 Å². The minimum Gasteiger partial charge on any atom is -0.490 e. The second kappa shape index (κ2) is 7.93. The van der Waals surface area contributed by atoms with Gasteiger partial charge in [-0.2, -0.15) is 0 Å². The maximum atomic E-state index is 12.9. The lowest BCUT2D eigenvalue weighted by molar-refractivity contribution is 0.216. The molecule has 3 nitrogen and oxygen atoms in total. The Labute approximate surface area is 122 Å². The fraction of sp³-hybridized carbons (Fsp3) is 0.176. The normalized spacial score (nSPS) is 9.62. The number of halogens is 1. The van der Waals surface area contributed by atoms with Crippen LogP contribution in [0.25, 0.3) is 0 Å². The molecule has 2 aromatic carbocycles. The van der Waals surface area contributed by atoms with Gasteiger partial charge in [0.2, 0.25) is 0 Å². The van der Waals surface area contributed by atoms with Crippen molar-refractivity contribution in [3.05, 3.63) is 59.9 Å². The summed E-state index contributed by atoms with van der Waals surface area (Å²) in [5.74, 6) is 6.19. The van der Waals surface area contributed by atoms with Gasteiger partial charge in [0.25, 0.3) is 0 Å². The van der Waals surface area contributed by atoms with Gasteiger partial charge in [0.05, 0.1) is 0 Å². The summed E-state index contributed by atoms with van der Waals surface area (Å²) in [5.41, 5.74) is 0.771. The van der Waals surface area contributed by atoms with E-state index in [9.17, 15) is 4.39 Å². The molecule has 0 radical (unpaired) electrons. The summed E-state index contributed by atoms with van der Waals surface area (Å²) in [5, 5.41) is 8.65. The Hall–Kier alpha value is -2.51. The zero-order valence-corrected chi connectivity index (χ0v) is 11.4. The molecule has 4 heteroatoms. The lowest BCUT2D eigenvalue weighted by atomic mass is 10.2. The third-order valence-electron chi connectivity index (χ3n) is 2.56. The van der Waals surface area contributed by atoms with Crippen molar-refractivity contribution in [2.75, 3.05) is 19.8 Å². The SMILES string of the molecule is OCC#Cc1cccc(OCCOc2cccc(F)c2)c1. The molecule has 0 heterocycles. The molecular formula is C17H15FO3. The largest absolute Gasteiger partial charge is 0.490 e. The van der Waals surface area contributed by atoms with Crippen LogP contribution in [0.2, 0.25) is 0 Å². The van der Waals surface area contributed by atoms with Crippen LogP contribution in [0.3, 0.4) is 0 Å². The summed E-state index contributed by atoms with van der Waals surface area (Å²) in [6, 6.07) is 13.2. The van der Waals surface area contributed by atoms with Gasteiger partial charge in [0.1, 0.15) is 37.1 Å². The Morgan fingerprint density at radius 1 is 0.952 bits per heavy atom. The molecule has 2 aromatic rings. The number of benzene rings is 2. The molecule has 0 saturated heterocycles. The fourth-order valence-corrected chi connectivity index (χ4v) is 1.68. The second-order valence-corrected chi connectivity index (χ2v) is 4.14. The molecule has 21 heavy (non-hydrogen) atoms. The van der Waals surface area contributed by atoms with E-state index in [2.05, 4.69) is 11.8 Å². The Balaban J connectivity index is 1.81. The average molecular weight is 286 g/mol. The number of aliphatic hydroxyl groups excluding tert-OH is 1. The van der Waals surface area contributed by atoms with E-state index in [4.69, 9.17) is 14.6 Å². The van der Waals surface area contributed by atoms with Gasteiger partial charge in [-0.1, -0.05) is 24.0 Å². The van der Waals surface area contributed by atoms with Crippen molar-refractivity contribution in [1.82, 2.24) is 0 Å². The van der Waals surface area contributed by atoms with E-state index in [0.29, 0.717) is 24.7 Å². The summed E-state index contributed by atoms with van der Waals surface area (Å²) in [4.78, 5) is 0. The van der Waals surface area contributed by atoms with Crippen molar-refractivity contribution in [3.63, 3.8) is 0 Å². The van der Waals surface area contributed by atoms with Crippen LogP contribution in [0.1, 0.15) is 5.56 Å². The highest BCUT2D eigenvalue weighted by Crippen LogP contribution is 2.14. The van der Waals surface area contributed by atoms with E-state index in [1.165, 1.54) is 12.1 Å². The molecule has 2 rings (SSSR count). The topological polar surface area (TPSA) is 38.7 Å². The predicted octanol–water partition coefficient (Wildman–Crippen LogP) is 2.63. The number of ether oxygens (including phenoxy) is 2. The molecule has 0 spiro atoms. The third kappa shape index (κ3) is 5.17. The highest BCUT2D eigenvalue weighted by molar-refractivity contribution is 5.39. The Kier molecular flexibility index (Phi) is 5.62. The van der Waals surface area contributed by atoms with Crippen LogP contribution in [0.15, 0.2) is 48.5 Å².